The van der Waals surface area contributed by atoms with Crippen LogP contribution in [0.5, 0.6) is 5.75 Å². The molecule has 1 aliphatic rings. The van der Waals surface area contributed by atoms with Gasteiger partial charge in [-0.25, -0.2) is 0 Å². The third-order valence-electron chi connectivity index (χ3n) is 3.89. The van der Waals surface area contributed by atoms with Gasteiger partial charge in [-0.2, -0.15) is 5.26 Å². The molecule has 114 valence electrons. The maximum absolute atomic E-state index is 8.74. The van der Waals surface area contributed by atoms with Crippen molar-refractivity contribution in [2.24, 2.45) is 5.92 Å². The fourth-order valence-corrected chi connectivity index (χ4v) is 2.67. The summed E-state index contributed by atoms with van der Waals surface area (Å²) in [5, 5.41) is 20.2. The smallest absolute Gasteiger partial charge is 0.132 e. The number of benzene rings is 1. The van der Waals surface area contributed by atoms with Crippen LogP contribution in [-0.4, -0.2) is 34.5 Å². The highest BCUT2D eigenvalue weighted by atomic mass is 16.5. The first-order valence-electron chi connectivity index (χ1n) is 7.55. The highest BCUT2D eigenvalue weighted by Crippen LogP contribution is 2.17. The van der Waals surface area contributed by atoms with E-state index in [1.165, 1.54) is 0 Å². The van der Waals surface area contributed by atoms with E-state index in [1.807, 2.05) is 18.5 Å². The Morgan fingerprint density at radius 2 is 2.23 bits per heavy atom. The third kappa shape index (κ3) is 3.62. The van der Waals surface area contributed by atoms with Crippen LogP contribution in [0.4, 0.5) is 0 Å². The molecular weight excluding hydrogens is 278 g/mol. The summed E-state index contributed by atoms with van der Waals surface area (Å²) >= 11 is 0. The highest BCUT2D eigenvalue weighted by Gasteiger charge is 2.18. The largest absolute Gasteiger partial charge is 0.492 e. The summed E-state index contributed by atoms with van der Waals surface area (Å²) in [6.45, 7) is 3.40. The summed E-state index contributed by atoms with van der Waals surface area (Å²) in [4.78, 5) is 0. The Labute approximate surface area is 129 Å². The minimum absolute atomic E-state index is 0.622. The predicted molar refractivity (Wildman–Crippen MR) is 81.4 cm³/mol. The lowest BCUT2D eigenvalue weighted by Gasteiger charge is -2.23. The highest BCUT2D eigenvalue weighted by molar-refractivity contribution is 5.34. The molecule has 0 aliphatic carbocycles. The maximum atomic E-state index is 8.74. The van der Waals surface area contributed by atoms with E-state index in [0.717, 1.165) is 44.0 Å². The Balaban J connectivity index is 1.33. The van der Waals surface area contributed by atoms with Crippen molar-refractivity contribution in [1.82, 2.24) is 20.1 Å². The molecule has 6 heteroatoms. The Bertz CT molecular complexity index is 643. The Morgan fingerprint density at radius 3 is 3.05 bits per heavy atom. The molecular formula is C16H19N5O. The van der Waals surface area contributed by atoms with Crippen LogP contribution in [0.3, 0.4) is 0 Å². The van der Waals surface area contributed by atoms with Gasteiger partial charge in [0.15, 0.2) is 0 Å². The van der Waals surface area contributed by atoms with E-state index in [0.29, 0.717) is 18.1 Å². The summed E-state index contributed by atoms with van der Waals surface area (Å²) < 4.78 is 7.78. The van der Waals surface area contributed by atoms with Crippen molar-refractivity contribution in [3.63, 3.8) is 0 Å². The standard InChI is InChI=1S/C16H19N5O/c17-9-13-1-4-15(5-2-13)22-8-7-18-10-14-3-6-16-20-19-12-21(16)11-14/h1-2,4-5,12,14,18H,3,6-8,10-11H2/t14-/m0/s1. The van der Waals surface area contributed by atoms with Crippen LogP contribution in [0.2, 0.25) is 0 Å². The quantitative estimate of drug-likeness (QED) is 0.815. The van der Waals surface area contributed by atoms with Gasteiger partial charge in [0, 0.05) is 19.5 Å². The van der Waals surface area contributed by atoms with Gasteiger partial charge in [0.1, 0.15) is 24.5 Å². The second-order valence-electron chi connectivity index (χ2n) is 5.49. The third-order valence-corrected chi connectivity index (χ3v) is 3.89. The number of hydrogen-bond donors (Lipinski definition) is 1. The molecule has 3 rings (SSSR count). The lowest BCUT2D eigenvalue weighted by Crippen LogP contribution is -2.32. The van der Waals surface area contributed by atoms with Crippen LogP contribution in [0.15, 0.2) is 30.6 Å². The summed E-state index contributed by atoms with van der Waals surface area (Å²) in [6.07, 6.45) is 3.98. The SMILES string of the molecule is N#Cc1ccc(OCCNC[C@@H]2CCc3nncn3C2)cc1. The molecule has 1 aromatic carbocycles. The van der Waals surface area contributed by atoms with Crippen LogP contribution in [-0.2, 0) is 13.0 Å². The van der Waals surface area contributed by atoms with Crippen LogP contribution in [0.25, 0.3) is 0 Å². The number of aryl methyl sites for hydroxylation is 1. The van der Waals surface area contributed by atoms with Crippen molar-refractivity contribution in [1.29, 1.82) is 5.26 Å². The van der Waals surface area contributed by atoms with E-state index in [4.69, 9.17) is 10.00 Å². The number of nitrogens with zero attached hydrogens (tertiary/aromatic N) is 4. The van der Waals surface area contributed by atoms with Gasteiger partial charge < -0.3 is 14.6 Å². The molecule has 0 radical (unpaired) electrons. The van der Waals surface area contributed by atoms with Gasteiger partial charge in [-0.05, 0) is 43.1 Å². The molecule has 0 saturated heterocycles. The van der Waals surface area contributed by atoms with Gasteiger partial charge in [-0.15, -0.1) is 10.2 Å². The number of aromatic nitrogens is 3. The fourth-order valence-electron chi connectivity index (χ4n) is 2.67. The Hall–Kier alpha value is -2.39. The maximum Gasteiger partial charge on any atom is 0.132 e. The first kappa shape index (κ1) is 14.5. The van der Waals surface area contributed by atoms with Crippen molar-refractivity contribution in [3.05, 3.63) is 42.0 Å². The lowest BCUT2D eigenvalue weighted by atomic mass is 9.99. The van der Waals surface area contributed by atoms with Crippen LogP contribution in [0.1, 0.15) is 17.8 Å². The molecule has 2 heterocycles. The zero-order chi connectivity index (χ0) is 15.2. The van der Waals surface area contributed by atoms with Crippen LogP contribution in [0, 0.1) is 17.2 Å². The van der Waals surface area contributed by atoms with Gasteiger partial charge in [-0.1, -0.05) is 0 Å². The van der Waals surface area contributed by atoms with E-state index in [1.54, 1.807) is 12.1 Å². The van der Waals surface area contributed by atoms with E-state index < -0.39 is 0 Å². The van der Waals surface area contributed by atoms with Crippen LogP contribution >= 0.6 is 0 Å². The first-order valence-corrected chi connectivity index (χ1v) is 7.55. The zero-order valence-corrected chi connectivity index (χ0v) is 12.4. The topological polar surface area (TPSA) is 75.8 Å². The minimum Gasteiger partial charge on any atom is -0.492 e. The van der Waals surface area contributed by atoms with Crippen molar-refractivity contribution in [2.45, 2.75) is 19.4 Å². The number of hydrogen-bond acceptors (Lipinski definition) is 5. The van der Waals surface area contributed by atoms with Crippen LogP contribution < -0.4 is 10.1 Å². The Kier molecular flexibility index (Phi) is 4.66. The molecule has 0 fully saturated rings. The van der Waals surface area contributed by atoms with Gasteiger partial charge in [0.2, 0.25) is 0 Å². The molecule has 1 aromatic heterocycles. The second kappa shape index (κ2) is 7.05. The molecule has 0 spiro atoms. The van der Waals surface area contributed by atoms with Crippen molar-refractivity contribution >= 4 is 0 Å². The van der Waals surface area contributed by atoms with Gasteiger partial charge in [0.05, 0.1) is 11.6 Å². The number of fused-ring (bicyclic) bond motifs is 1. The predicted octanol–water partition coefficient (Wildman–Crippen LogP) is 1.38. The molecule has 0 amide bonds. The van der Waals surface area contributed by atoms with E-state index in [9.17, 15) is 0 Å². The lowest BCUT2D eigenvalue weighted by molar-refractivity contribution is 0.295. The van der Waals surface area contributed by atoms with Crippen molar-refractivity contribution in [2.75, 3.05) is 19.7 Å². The normalized spacial score (nSPS) is 16.8. The second-order valence-corrected chi connectivity index (χ2v) is 5.49. The van der Waals surface area contributed by atoms with Crippen molar-refractivity contribution < 1.29 is 4.74 Å². The molecule has 2 aromatic rings. The number of rotatable bonds is 6. The van der Waals surface area contributed by atoms with Gasteiger partial charge >= 0.3 is 0 Å². The molecule has 1 N–H and O–H groups in total. The molecule has 0 saturated carbocycles. The van der Waals surface area contributed by atoms with E-state index in [-0.39, 0.29) is 0 Å². The molecule has 0 unspecified atom stereocenters. The average Bonchev–Trinajstić information content (AvgIpc) is 3.03. The monoisotopic (exact) mass is 297 g/mol. The molecule has 22 heavy (non-hydrogen) atoms. The summed E-state index contributed by atoms with van der Waals surface area (Å²) in [7, 11) is 0. The summed E-state index contributed by atoms with van der Waals surface area (Å²) in [6, 6.07) is 9.28. The van der Waals surface area contributed by atoms with E-state index in [2.05, 4.69) is 26.2 Å². The summed E-state index contributed by atoms with van der Waals surface area (Å²) in [5.41, 5.74) is 0.649. The fraction of sp³-hybridized carbons (Fsp3) is 0.438. The number of nitrogens with one attached hydrogen (secondary N) is 1. The van der Waals surface area contributed by atoms with Gasteiger partial charge in [0.25, 0.3) is 0 Å². The molecule has 1 atom stereocenters. The van der Waals surface area contributed by atoms with E-state index >= 15 is 0 Å². The molecule has 0 bridgehead atoms. The molecule has 1 aliphatic heterocycles. The zero-order valence-electron chi connectivity index (χ0n) is 12.4. The number of ether oxygens (including phenoxy) is 1. The number of nitriles is 1. The summed E-state index contributed by atoms with van der Waals surface area (Å²) in [5.74, 6) is 2.52. The van der Waals surface area contributed by atoms with Crippen molar-refractivity contribution in [3.8, 4) is 11.8 Å². The first-order chi connectivity index (χ1) is 10.8. The Morgan fingerprint density at radius 1 is 1.36 bits per heavy atom. The average molecular weight is 297 g/mol. The molecule has 6 nitrogen and oxygen atoms in total. The minimum atomic E-state index is 0.622. The van der Waals surface area contributed by atoms with Gasteiger partial charge in [-0.3, -0.25) is 0 Å².